The van der Waals surface area contributed by atoms with Gasteiger partial charge in [0.25, 0.3) is 0 Å². The molecule has 0 fully saturated rings. The highest BCUT2D eigenvalue weighted by Crippen LogP contribution is 2.23. The number of aryl methyl sites for hydroxylation is 1. The molecule has 2 rings (SSSR count). The van der Waals surface area contributed by atoms with Crippen LogP contribution in [0.15, 0.2) is 36.7 Å². The zero-order valence-corrected chi connectivity index (χ0v) is 11.9. The van der Waals surface area contributed by atoms with Crippen molar-refractivity contribution in [2.24, 2.45) is 0 Å². The van der Waals surface area contributed by atoms with E-state index in [9.17, 15) is 0 Å². The van der Waals surface area contributed by atoms with E-state index in [0.29, 0.717) is 6.54 Å². The van der Waals surface area contributed by atoms with Crippen molar-refractivity contribution in [1.82, 2.24) is 9.97 Å². The molecule has 0 amide bonds. The van der Waals surface area contributed by atoms with Gasteiger partial charge in [0.05, 0.1) is 6.07 Å². The fourth-order valence-electron chi connectivity index (χ4n) is 1.82. The number of hydrogen-bond acceptors (Lipinski definition) is 5. The molecule has 0 aliphatic rings. The predicted molar refractivity (Wildman–Crippen MR) is 80.2 cm³/mol. The number of nitrogens with zero attached hydrogens (tertiary/aromatic N) is 5. The molecular formula is C15H17N5. The molecule has 1 aromatic heterocycles. The second kappa shape index (κ2) is 6.02. The first-order valence-corrected chi connectivity index (χ1v) is 6.32. The Labute approximate surface area is 119 Å². The third-order valence-corrected chi connectivity index (χ3v) is 3.10. The van der Waals surface area contributed by atoms with Crippen LogP contribution in [-0.4, -0.2) is 30.6 Å². The van der Waals surface area contributed by atoms with E-state index in [2.05, 4.69) is 47.2 Å². The lowest BCUT2D eigenvalue weighted by atomic mass is 10.2. The van der Waals surface area contributed by atoms with Gasteiger partial charge in [0.2, 0.25) is 0 Å². The van der Waals surface area contributed by atoms with Crippen molar-refractivity contribution in [3.8, 4) is 6.07 Å². The third kappa shape index (κ3) is 3.04. The van der Waals surface area contributed by atoms with Crippen molar-refractivity contribution in [2.45, 2.75) is 6.92 Å². The average molecular weight is 267 g/mol. The number of aromatic nitrogens is 2. The number of rotatable bonds is 4. The Morgan fingerprint density at radius 3 is 2.40 bits per heavy atom. The van der Waals surface area contributed by atoms with Crippen LogP contribution in [0, 0.1) is 18.3 Å². The van der Waals surface area contributed by atoms with Crippen LogP contribution in [0.2, 0.25) is 0 Å². The average Bonchev–Trinajstić information content (AvgIpc) is 2.48. The Hall–Kier alpha value is -2.61. The summed E-state index contributed by atoms with van der Waals surface area (Å²) < 4.78 is 0. The van der Waals surface area contributed by atoms with E-state index >= 15 is 0 Å². The Morgan fingerprint density at radius 1 is 1.10 bits per heavy atom. The molecule has 0 saturated heterocycles. The Morgan fingerprint density at radius 2 is 1.75 bits per heavy atom. The van der Waals surface area contributed by atoms with Crippen molar-refractivity contribution in [1.29, 1.82) is 5.26 Å². The SMILES string of the molecule is Cc1ccc(N(C)c2cc(N(C)CC#N)ncn2)cc1. The van der Waals surface area contributed by atoms with Crippen molar-refractivity contribution in [3.63, 3.8) is 0 Å². The van der Waals surface area contributed by atoms with Crippen LogP contribution in [0.25, 0.3) is 0 Å². The number of hydrogen-bond donors (Lipinski definition) is 0. The van der Waals surface area contributed by atoms with E-state index in [4.69, 9.17) is 5.26 Å². The van der Waals surface area contributed by atoms with Crippen LogP contribution < -0.4 is 9.80 Å². The van der Waals surface area contributed by atoms with E-state index in [1.54, 1.807) is 4.90 Å². The minimum absolute atomic E-state index is 0.296. The molecule has 0 unspecified atom stereocenters. The molecule has 2 aromatic rings. The topological polar surface area (TPSA) is 56.0 Å². The van der Waals surface area contributed by atoms with E-state index in [1.165, 1.54) is 11.9 Å². The normalized spacial score (nSPS) is 9.90. The van der Waals surface area contributed by atoms with Gasteiger partial charge in [-0.05, 0) is 19.1 Å². The fraction of sp³-hybridized carbons (Fsp3) is 0.267. The molecule has 0 spiro atoms. The van der Waals surface area contributed by atoms with E-state index in [-0.39, 0.29) is 0 Å². The number of benzene rings is 1. The maximum atomic E-state index is 8.73. The molecule has 1 heterocycles. The number of nitriles is 1. The minimum atomic E-state index is 0.296. The molecule has 5 nitrogen and oxygen atoms in total. The zero-order chi connectivity index (χ0) is 14.5. The third-order valence-electron chi connectivity index (χ3n) is 3.10. The van der Waals surface area contributed by atoms with Crippen LogP contribution in [0.1, 0.15) is 5.56 Å². The maximum absolute atomic E-state index is 8.73. The molecule has 5 heteroatoms. The van der Waals surface area contributed by atoms with Crippen LogP contribution in [0.4, 0.5) is 17.3 Å². The lowest BCUT2D eigenvalue weighted by Crippen LogP contribution is -2.19. The molecule has 20 heavy (non-hydrogen) atoms. The Kier molecular flexibility index (Phi) is 4.16. The van der Waals surface area contributed by atoms with Gasteiger partial charge < -0.3 is 9.80 Å². The van der Waals surface area contributed by atoms with Crippen LogP contribution in [0.5, 0.6) is 0 Å². The van der Waals surface area contributed by atoms with Gasteiger partial charge in [0, 0.05) is 25.8 Å². The quantitative estimate of drug-likeness (QED) is 0.797. The molecule has 0 radical (unpaired) electrons. The highest BCUT2D eigenvalue weighted by Gasteiger charge is 2.08. The van der Waals surface area contributed by atoms with Gasteiger partial charge in [-0.15, -0.1) is 0 Å². The summed E-state index contributed by atoms with van der Waals surface area (Å²) in [7, 11) is 3.79. The summed E-state index contributed by atoms with van der Waals surface area (Å²) in [5, 5.41) is 8.73. The van der Waals surface area contributed by atoms with Crippen molar-refractivity contribution in [2.75, 3.05) is 30.4 Å². The van der Waals surface area contributed by atoms with Crippen molar-refractivity contribution < 1.29 is 0 Å². The predicted octanol–water partition coefficient (Wildman–Crippen LogP) is 2.51. The summed E-state index contributed by atoms with van der Waals surface area (Å²) in [6.07, 6.45) is 1.52. The standard InChI is InChI=1S/C15H17N5/c1-12-4-6-13(7-5-12)20(3)15-10-14(17-11-18-15)19(2)9-8-16/h4-7,10-11H,9H2,1-3H3. The molecule has 1 aromatic carbocycles. The smallest absolute Gasteiger partial charge is 0.138 e. The van der Waals surface area contributed by atoms with Crippen LogP contribution in [-0.2, 0) is 0 Å². The zero-order valence-electron chi connectivity index (χ0n) is 11.9. The van der Waals surface area contributed by atoms with E-state index in [0.717, 1.165) is 17.3 Å². The molecular weight excluding hydrogens is 250 g/mol. The van der Waals surface area contributed by atoms with Gasteiger partial charge >= 0.3 is 0 Å². The first kappa shape index (κ1) is 13.8. The maximum Gasteiger partial charge on any atom is 0.138 e. The molecule has 0 atom stereocenters. The summed E-state index contributed by atoms with van der Waals surface area (Å²) in [5.74, 6) is 1.53. The summed E-state index contributed by atoms with van der Waals surface area (Å²) in [4.78, 5) is 12.2. The van der Waals surface area contributed by atoms with E-state index in [1.807, 2.05) is 25.1 Å². The van der Waals surface area contributed by atoms with Gasteiger partial charge in [-0.3, -0.25) is 0 Å². The highest BCUT2D eigenvalue weighted by molar-refractivity contribution is 5.62. The molecule has 0 aliphatic carbocycles. The lowest BCUT2D eigenvalue weighted by Gasteiger charge is -2.20. The fourth-order valence-corrected chi connectivity index (χ4v) is 1.82. The van der Waals surface area contributed by atoms with Gasteiger partial charge in [0.1, 0.15) is 24.5 Å². The summed E-state index contributed by atoms with van der Waals surface area (Å²) in [6.45, 7) is 2.36. The molecule has 0 bridgehead atoms. The lowest BCUT2D eigenvalue weighted by molar-refractivity contribution is 0.970. The van der Waals surface area contributed by atoms with Gasteiger partial charge in [-0.25, -0.2) is 9.97 Å². The Bertz CT molecular complexity index is 615. The van der Waals surface area contributed by atoms with Crippen molar-refractivity contribution in [3.05, 3.63) is 42.2 Å². The van der Waals surface area contributed by atoms with Gasteiger partial charge in [-0.2, -0.15) is 5.26 Å². The van der Waals surface area contributed by atoms with Crippen molar-refractivity contribution >= 4 is 17.3 Å². The first-order valence-electron chi connectivity index (χ1n) is 6.32. The largest absolute Gasteiger partial charge is 0.346 e. The second-order valence-corrected chi connectivity index (χ2v) is 4.64. The second-order valence-electron chi connectivity index (χ2n) is 4.64. The van der Waals surface area contributed by atoms with Crippen LogP contribution in [0.3, 0.4) is 0 Å². The van der Waals surface area contributed by atoms with E-state index < -0.39 is 0 Å². The van der Waals surface area contributed by atoms with Crippen LogP contribution >= 0.6 is 0 Å². The number of anilines is 3. The molecule has 0 saturated carbocycles. The molecule has 102 valence electrons. The minimum Gasteiger partial charge on any atom is -0.346 e. The monoisotopic (exact) mass is 267 g/mol. The first-order chi connectivity index (χ1) is 9.61. The van der Waals surface area contributed by atoms with Gasteiger partial charge in [-0.1, -0.05) is 17.7 Å². The summed E-state index contributed by atoms with van der Waals surface area (Å²) >= 11 is 0. The highest BCUT2D eigenvalue weighted by atomic mass is 15.2. The Balaban J connectivity index is 2.26. The molecule has 0 aliphatic heterocycles. The summed E-state index contributed by atoms with van der Waals surface area (Å²) in [6, 6.07) is 12.2. The summed E-state index contributed by atoms with van der Waals surface area (Å²) in [5.41, 5.74) is 2.28. The van der Waals surface area contributed by atoms with Gasteiger partial charge in [0.15, 0.2) is 0 Å². The molecule has 0 N–H and O–H groups in total.